The summed E-state index contributed by atoms with van der Waals surface area (Å²) < 4.78 is 12.1. The van der Waals surface area contributed by atoms with Crippen molar-refractivity contribution in [3.05, 3.63) is 91.0 Å². The summed E-state index contributed by atoms with van der Waals surface area (Å²) in [5.74, 6) is 1.02. The molecule has 1 N–H and O–H groups in total. The number of rotatable bonds is 6. The maximum absolute atomic E-state index is 13.2. The Kier molecular flexibility index (Phi) is 5.53. The molecule has 5 rings (SSSR count). The summed E-state index contributed by atoms with van der Waals surface area (Å²) in [5.41, 5.74) is 2.90. The van der Waals surface area contributed by atoms with Gasteiger partial charge in [-0.3, -0.25) is 4.79 Å². The summed E-state index contributed by atoms with van der Waals surface area (Å²) in [6.07, 6.45) is -0.649. The summed E-state index contributed by atoms with van der Waals surface area (Å²) in [4.78, 5) is 17.8. The van der Waals surface area contributed by atoms with Crippen molar-refractivity contribution >= 4 is 33.5 Å². The van der Waals surface area contributed by atoms with Gasteiger partial charge in [-0.2, -0.15) is 0 Å². The molecular weight excluding hydrogens is 412 g/mol. The second-order valence-corrected chi connectivity index (χ2v) is 8.32. The molecule has 1 aromatic heterocycles. The van der Waals surface area contributed by atoms with Gasteiger partial charge in [-0.15, -0.1) is 0 Å². The Morgan fingerprint density at radius 3 is 2.48 bits per heavy atom. The number of oxazole rings is 1. The van der Waals surface area contributed by atoms with Crippen molar-refractivity contribution in [2.24, 2.45) is 5.92 Å². The molecule has 0 bridgehead atoms. The molecule has 5 aromatic rings. The maximum atomic E-state index is 13.2. The summed E-state index contributed by atoms with van der Waals surface area (Å²) in [7, 11) is 0. The van der Waals surface area contributed by atoms with Gasteiger partial charge in [-0.25, -0.2) is 4.98 Å². The van der Waals surface area contributed by atoms with Crippen LogP contribution in [0.3, 0.4) is 0 Å². The van der Waals surface area contributed by atoms with E-state index in [1.165, 1.54) is 0 Å². The highest BCUT2D eigenvalue weighted by Crippen LogP contribution is 2.29. The van der Waals surface area contributed by atoms with E-state index < -0.39 is 6.10 Å². The van der Waals surface area contributed by atoms with Crippen LogP contribution in [0.15, 0.2) is 95.4 Å². The molecule has 0 fully saturated rings. The quantitative estimate of drug-likeness (QED) is 0.322. The first kappa shape index (κ1) is 20.8. The largest absolute Gasteiger partial charge is 0.480 e. The van der Waals surface area contributed by atoms with E-state index in [4.69, 9.17) is 9.15 Å². The van der Waals surface area contributed by atoms with Crippen LogP contribution in [0.25, 0.3) is 33.3 Å². The zero-order valence-corrected chi connectivity index (χ0v) is 18.5. The molecule has 0 aliphatic carbocycles. The first-order chi connectivity index (χ1) is 16.1. The van der Waals surface area contributed by atoms with Crippen LogP contribution in [-0.2, 0) is 4.79 Å². The van der Waals surface area contributed by atoms with Crippen molar-refractivity contribution in [3.63, 3.8) is 0 Å². The fraction of sp³-hybridized carbons (Fsp3) is 0.143. The van der Waals surface area contributed by atoms with E-state index in [2.05, 4.69) is 10.3 Å². The lowest BCUT2D eigenvalue weighted by molar-refractivity contribution is -0.124. The predicted molar refractivity (Wildman–Crippen MR) is 131 cm³/mol. The first-order valence-electron chi connectivity index (χ1n) is 11.0. The summed E-state index contributed by atoms with van der Waals surface area (Å²) >= 11 is 0. The van der Waals surface area contributed by atoms with Crippen molar-refractivity contribution in [3.8, 4) is 17.2 Å². The van der Waals surface area contributed by atoms with Gasteiger partial charge in [-0.05, 0) is 47.7 Å². The average molecular weight is 437 g/mol. The van der Waals surface area contributed by atoms with Crippen molar-refractivity contribution in [1.29, 1.82) is 0 Å². The molecule has 5 heteroatoms. The van der Waals surface area contributed by atoms with E-state index in [1.807, 2.05) is 105 Å². The third kappa shape index (κ3) is 4.30. The van der Waals surface area contributed by atoms with E-state index in [9.17, 15) is 4.79 Å². The van der Waals surface area contributed by atoms with Crippen molar-refractivity contribution in [2.45, 2.75) is 20.0 Å². The van der Waals surface area contributed by atoms with Crippen LogP contribution in [0.5, 0.6) is 5.75 Å². The van der Waals surface area contributed by atoms with Gasteiger partial charge < -0.3 is 14.5 Å². The van der Waals surface area contributed by atoms with Crippen LogP contribution in [-0.4, -0.2) is 17.0 Å². The molecule has 4 aromatic carbocycles. The minimum Gasteiger partial charge on any atom is -0.480 e. The van der Waals surface area contributed by atoms with Gasteiger partial charge in [0.15, 0.2) is 11.7 Å². The maximum Gasteiger partial charge on any atom is 0.265 e. The summed E-state index contributed by atoms with van der Waals surface area (Å²) in [6, 6.07) is 29.0. The molecule has 33 heavy (non-hydrogen) atoms. The third-order valence-electron chi connectivity index (χ3n) is 5.54. The minimum absolute atomic E-state index is 0.0237. The van der Waals surface area contributed by atoms with E-state index in [0.29, 0.717) is 28.4 Å². The third-order valence-corrected chi connectivity index (χ3v) is 5.54. The van der Waals surface area contributed by atoms with Crippen molar-refractivity contribution in [1.82, 2.24) is 4.98 Å². The number of amides is 1. The van der Waals surface area contributed by atoms with Gasteiger partial charge in [0.05, 0.1) is 0 Å². The number of nitrogens with one attached hydrogen (secondary N) is 1. The molecule has 0 spiro atoms. The molecule has 5 nitrogen and oxygen atoms in total. The summed E-state index contributed by atoms with van der Waals surface area (Å²) in [5, 5.41) is 5.04. The van der Waals surface area contributed by atoms with Crippen molar-refractivity contribution in [2.75, 3.05) is 5.32 Å². The second-order valence-electron chi connectivity index (χ2n) is 8.32. The lowest BCUT2D eigenvalue weighted by Crippen LogP contribution is -2.37. The predicted octanol–water partition coefficient (Wildman–Crippen LogP) is 6.69. The minimum atomic E-state index is -0.649. The highest BCUT2D eigenvalue weighted by Gasteiger charge is 2.25. The van der Waals surface area contributed by atoms with Gasteiger partial charge >= 0.3 is 0 Å². The Hall–Kier alpha value is -4.12. The Morgan fingerprint density at radius 2 is 1.67 bits per heavy atom. The summed E-state index contributed by atoms with van der Waals surface area (Å²) in [6.45, 7) is 3.95. The average Bonchev–Trinajstić information content (AvgIpc) is 3.26. The molecule has 1 atom stereocenters. The Bertz CT molecular complexity index is 1420. The second kappa shape index (κ2) is 8.79. The van der Waals surface area contributed by atoms with Crippen LogP contribution in [0, 0.1) is 5.92 Å². The van der Waals surface area contributed by atoms with Crippen LogP contribution < -0.4 is 10.1 Å². The normalized spacial score (nSPS) is 12.2. The molecule has 0 aliphatic heterocycles. The fourth-order valence-corrected chi connectivity index (χ4v) is 3.85. The topological polar surface area (TPSA) is 64.4 Å². The lowest BCUT2D eigenvalue weighted by Gasteiger charge is -2.22. The SMILES string of the molecule is CC(C)C(Oc1cccc2ccccc12)C(=O)Nc1ccc2oc(-c3ccccc3)nc2c1. The number of nitrogens with zero attached hydrogens (tertiary/aromatic N) is 1. The molecule has 0 radical (unpaired) electrons. The van der Waals surface area contributed by atoms with Crippen molar-refractivity contribution < 1.29 is 13.9 Å². The number of fused-ring (bicyclic) bond motifs is 2. The molecule has 0 saturated heterocycles. The van der Waals surface area contributed by atoms with Crippen LogP contribution in [0.2, 0.25) is 0 Å². The van der Waals surface area contributed by atoms with Crippen LogP contribution in [0.1, 0.15) is 13.8 Å². The van der Waals surface area contributed by atoms with Gasteiger partial charge in [0.1, 0.15) is 11.3 Å². The van der Waals surface area contributed by atoms with E-state index in [-0.39, 0.29) is 11.8 Å². The standard InChI is InChI=1S/C28H24N2O3/c1-18(2)26(32-24-14-8-12-19-9-6-7-13-22(19)24)27(31)29-21-15-16-25-23(17-21)30-28(33-25)20-10-4-3-5-11-20/h3-18,26H,1-2H3,(H,29,31). The number of carbonyl (C=O) groups is 1. The highest BCUT2D eigenvalue weighted by atomic mass is 16.5. The van der Waals surface area contributed by atoms with Crippen LogP contribution >= 0.6 is 0 Å². The zero-order chi connectivity index (χ0) is 22.8. The lowest BCUT2D eigenvalue weighted by atomic mass is 10.1. The Labute approximate surface area is 192 Å². The van der Waals surface area contributed by atoms with Gasteiger partial charge in [0, 0.05) is 16.6 Å². The Balaban J connectivity index is 1.38. The molecular formula is C28H24N2O3. The molecule has 164 valence electrons. The smallest absolute Gasteiger partial charge is 0.265 e. The number of hydrogen-bond donors (Lipinski definition) is 1. The fourth-order valence-electron chi connectivity index (χ4n) is 3.85. The van der Waals surface area contributed by atoms with Gasteiger partial charge in [-0.1, -0.05) is 68.4 Å². The van der Waals surface area contributed by atoms with Gasteiger partial charge in [0.2, 0.25) is 5.89 Å². The number of benzene rings is 4. The number of hydrogen-bond acceptors (Lipinski definition) is 4. The van der Waals surface area contributed by atoms with Crippen LogP contribution in [0.4, 0.5) is 5.69 Å². The molecule has 1 amide bonds. The monoisotopic (exact) mass is 436 g/mol. The zero-order valence-electron chi connectivity index (χ0n) is 18.5. The first-order valence-corrected chi connectivity index (χ1v) is 11.0. The molecule has 0 saturated carbocycles. The molecule has 1 heterocycles. The van der Waals surface area contributed by atoms with E-state index >= 15 is 0 Å². The van der Waals surface area contributed by atoms with E-state index in [0.717, 1.165) is 16.3 Å². The number of aromatic nitrogens is 1. The van der Waals surface area contributed by atoms with E-state index in [1.54, 1.807) is 0 Å². The highest BCUT2D eigenvalue weighted by molar-refractivity contribution is 5.97. The molecule has 1 unspecified atom stereocenters. The number of ether oxygens (including phenoxy) is 1. The number of carbonyl (C=O) groups excluding carboxylic acids is 1. The molecule has 0 aliphatic rings. The van der Waals surface area contributed by atoms with Gasteiger partial charge in [0.25, 0.3) is 5.91 Å². The number of anilines is 1. The Morgan fingerprint density at radius 1 is 0.909 bits per heavy atom.